The number of hydrogen-bond acceptors (Lipinski definition) is 7. The van der Waals surface area contributed by atoms with Crippen LogP contribution in [0.15, 0.2) is 24.5 Å². The lowest BCUT2D eigenvalue weighted by Crippen LogP contribution is -2.45. The molecule has 1 atom stereocenters. The molecule has 2 N–H and O–H groups in total. The number of thiophene rings is 1. The van der Waals surface area contributed by atoms with Crippen LogP contribution in [0.1, 0.15) is 40.8 Å². The van der Waals surface area contributed by atoms with Crippen LogP contribution < -0.4 is 10.6 Å². The molecule has 1 aliphatic heterocycles. The average molecular weight is 411 g/mol. The number of carbonyl (C=O) groups is 1. The maximum Gasteiger partial charge on any atom is 0.265 e. The maximum atomic E-state index is 12.4. The van der Waals surface area contributed by atoms with Crippen molar-refractivity contribution < 1.29 is 4.79 Å². The highest BCUT2D eigenvalue weighted by Gasteiger charge is 2.35. The number of amides is 1. The molecule has 1 aliphatic rings. The Balaban J connectivity index is 1.68. The summed E-state index contributed by atoms with van der Waals surface area (Å²) in [5, 5.41) is 0.853. The lowest BCUT2D eigenvalue weighted by molar-refractivity contribution is 0.0833. The monoisotopic (exact) mass is 410 g/mol. The van der Waals surface area contributed by atoms with Gasteiger partial charge in [0.1, 0.15) is 21.9 Å². The first-order valence-corrected chi connectivity index (χ1v) is 10.5. The number of hydrogen-bond donors (Lipinski definition) is 1. The van der Waals surface area contributed by atoms with E-state index in [1.807, 2.05) is 19.1 Å². The van der Waals surface area contributed by atoms with Crippen molar-refractivity contribution in [1.29, 1.82) is 0 Å². The normalized spacial score (nSPS) is 19.5. The van der Waals surface area contributed by atoms with Gasteiger partial charge in [0.25, 0.3) is 5.91 Å². The Morgan fingerprint density at radius 1 is 1.31 bits per heavy atom. The Morgan fingerprint density at radius 2 is 2.10 bits per heavy atom. The fourth-order valence-electron chi connectivity index (χ4n) is 3.95. The maximum absolute atomic E-state index is 12.4. The minimum absolute atomic E-state index is 0.0822. The number of aromatic nitrogens is 3. The van der Waals surface area contributed by atoms with E-state index in [-0.39, 0.29) is 11.3 Å². The summed E-state index contributed by atoms with van der Waals surface area (Å²) in [6.45, 7) is 6.05. The number of aryl methyl sites for hydroxylation is 1. The van der Waals surface area contributed by atoms with Gasteiger partial charge in [-0.2, -0.15) is 0 Å². The van der Waals surface area contributed by atoms with Gasteiger partial charge < -0.3 is 15.5 Å². The van der Waals surface area contributed by atoms with E-state index in [1.54, 1.807) is 25.3 Å². The van der Waals surface area contributed by atoms with Gasteiger partial charge in [-0.25, -0.2) is 15.0 Å². The molecule has 0 radical (unpaired) electrons. The number of piperidine rings is 1. The van der Waals surface area contributed by atoms with Crippen molar-refractivity contribution in [3.8, 4) is 0 Å². The molecule has 0 bridgehead atoms. The van der Waals surface area contributed by atoms with E-state index in [1.165, 1.54) is 11.3 Å². The number of pyridine rings is 1. The second-order valence-electron chi connectivity index (χ2n) is 8.20. The Labute approximate surface area is 174 Å². The SMILES string of the molecule is Cc1cc(N2CCC[C@](C)(c3ccc4c(N)c(C(=O)N(C)C)sc4n3)C2)ncn1. The first kappa shape index (κ1) is 19.6. The minimum atomic E-state index is -0.101. The van der Waals surface area contributed by atoms with Crippen LogP contribution in [0.25, 0.3) is 10.2 Å². The molecule has 3 aromatic rings. The summed E-state index contributed by atoms with van der Waals surface area (Å²) in [6, 6.07) is 6.10. The van der Waals surface area contributed by atoms with Crippen LogP contribution in [0.4, 0.5) is 11.5 Å². The first-order valence-electron chi connectivity index (χ1n) is 9.73. The van der Waals surface area contributed by atoms with Gasteiger partial charge in [0.2, 0.25) is 0 Å². The zero-order chi connectivity index (χ0) is 20.8. The highest BCUT2D eigenvalue weighted by atomic mass is 32.1. The van der Waals surface area contributed by atoms with E-state index in [2.05, 4.69) is 27.9 Å². The summed E-state index contributed by atoms with van der Waals surface area (Å²) >= 11 is 1.37. The van der Waals surface area contributed by atoms with Crippen molar-refractivity contribution in [1.82, 2.24) is 19.9 Å². The van der Waals surface area contributed by atoms with Gasteiger partial charge in [0.15, 0.2) is 0 Å². The van der Waals surface area contributed by atoms with Crippen molar-refractivity contribution in [2.75, 3.05) is 37.8 Å². The molecule has 0 unspecified atom stereocenters. The highest BCUT2D eigenvalue weighted by molar-refractivity contribution is 7.21. The molecule has 29 heavy (non-hydrogen) atoms. The Kier molecular flexibility index (Phi) is 4.90. The van der Waals surface area contributed by atoms with Crippen molar-refractivity contribution in [3.05, 3.63) is 40.8 Å². The lowest BCUT2D eigenvalue weighted by atomic mass is 9.78. The van der Waals surface area contributed by atoms with E-state index in [4.69, 9.17) is 10.7 Å². The van der Waals surface area contributed by atoms with E-state index in [0.29, 0.717) is 10.6 Å². The highest BCUT2D eigenvalue weighted by Crippen LogP contribution is 2.38. The standard InChI is InChI=1S/C21H26N6OS/c1-13-10-16(24-12-23-13)27-9-5-8-21(2,11-27)15-7-6-14-17(22)18(20(28)26(3)4)29-19(14)25-15/h6-7,10,12H,5,8-9,11,22H2,1-4H3/t21-/m0/s1. The van der Waals surface area contributed by atoms with Crippen LogP contribution in [0.3, 0.4) is 0 Å². The van der Waals surface area contributed by atoms with Gasteiger partial charge in [-0.1, -0.05) is 6.92 Å². The number of nitrogens with two attached hydrogens (primary N) is 1. The molecule has 152 valence electrons. The Morgan fingerprint density at radius 3 is 2.83 bits per heavy atom. The molecule has 7 nitrogen and oxygen atoms in total. The van der Waals surface area contributed by atoms with Crippen molar-refractivity contribution in [3.63, 3.8) is 0 Å². The van der Waals surface area contributed by atoms with Gasteiger partial charge in [-0.3, -0.25) is 4.79 Å². The smallest absolute Gasteiger partial charge is 0.265 e. The molecular weight excluding hydrogens is 384 g/mol. The van der Waals surface area contributed by atoms with Crippen LogP contribution in [-0.4, -0.2) is 52.9 Å². The number of rotatable bonds is 3. The molecule has 4 rings (SSSR count). The minimum Gasteiger partial charge on any atom is -0.397 e. The van der Waals surface area contributed by atoms with E-state index < -0.39 is 0 Å². The molecule has 3 aromatic heterocycles. The molecule has 1 saturated heterocycles. The van der Waals surface area contributed by atoms with Crippen LogP contribution in [0.2, 0.25) is 0 Å². The number of fused-ring (bicyclic) bond motifs is 1. The average Bonchev–Trinajstić information content (AvgIpc) is 3.03. The molecule has 0 aliphatic carbocycles. The van der Waals surface area contributed by atoms with Crippen LogP contribution in [-0.2, 0) is 5.41 Å². The van der Waals surface area contributed by atoms with Gasteiger partial charge in [-0.15, -0.1) is 11.3 Å². The van der Waals surface area contributed by atoms with Gasteiger partial charge in [-0.05, 0) is 31.9 Å². The quantitative estimate of drug-likeness (QED) is 0.713. The molecule has 1 fully saturated rings. The number of carbonyl (C=O) groups excluding carboxylic acids is 1. The summed E-state index contributed by atoms with van der Waals surface area (Å²) in [5.74, 6) is 0.880. The topological polar surface area (TPSA) is 88.2 Å². The molecule has 0 saturated carbocycles. The number of nitrogen functional groups attached to an aromatic ring is 1. The Hall–Kier alpha value is -2.74. The van der Waals surface area contributed by atoms with Gasteiger partial charge in [0.05, 0.1) is 5.69 Å². The van der Waals surface area contributed by atoms with E-state index in [0.717, 1.165) is 53.4 Å². The summed E-state index contributed by atoms with van der Waals surface area (Å²) in [6.07, 6.45) is 3.74. The second kappa shape index (κ2) is 7.26. The van der Waals surface area contributed by atoms with Crippen molar-refractivity contribution >= 4 is 39.0 Å². The molecule has 8 heteroatoms. The van der Waals surface area contributed by atoms with Crippen LogP contribution >= 0.6 is 11.3 Å². The molecular formula is C21H26N6OS. The fourth-order valence-corrected chi connectivity index (χ4v) is 5.07. The van der Waals surface area contributed by atoms with Gasteiger partial charge >= 0.3 is 0 Å². The third kappa shape index (κ3) is 3.53. The van der Waals surface area contributed by atoms with E-state index >= 15 is 0 Å². The van der Waals surface area contributed by atoms with Crippen molar-refractivity contribution in [2.24, 2.45) is 0 Å². The predicted octanol–water partition coefficient (Wildman–Crippen LogP) is 3.24. The zero-order valence-electron chi connectivity index (χ0n) is 17.3. The third-order valence-corrected chi connectivity index (χ3v) is 6.73. The lowest BCUT2D eigenvalue weighted by Gasteiger charge is -2.40. The summed E-state index contributed by atoms with van der Waals surface area (Å²) in [7, 11) is 3.47. The van der Waals surface area contributed by atoms with E-state index in [9.17, 15) is 4.79 Å². The molecule has 0 aromatic carbocycles. The molecule has 4 heterocycles. The predicted molar refractivity (Wildman–Crippen MR) is 118 cm³/mol. The first-order chi connectivity index (χ1) is 13.8. The summed E-state index contributed by atoms with van der Waals surface area (Å²) in [5.41, 5.74) is 8.67. The molecule has 0 spiro atoms. The zero-order valence-corrected chi connectivity index (χ0v) is 18.1. The second-order valence-corrected chi connectivity index (χ2v) is 9.20. The summed E-state index contributed by atoms with van der Waals surface area (Å²) in [4.78, 5) is 31.3. The Bertz CT molecular complexity index is 1080. The van der Waals surface area contributed by atoms with Crippen molar-refractivity contribution in [2.45, 2.75) is 32.1 Å². The fraction of sp³-hybridized carbons (Fsp3) is 0.429. The van der Waals surface area contributed by atoms with Crippen LogP contribution in [0, 0.1) is 6.92 Å². The van der Waals surface area contributed by atoms with Crippen LogP contribution in [0.5, 0.6) is 0 Å². The number of anilines is 2. The van der Waals surface area contributed by atoms with Gasteiger partial charge in [0, 0.05) is 55.4 Å². The number of nitrogens with zero attached hydrogens (tertiary/aromatic N) is 5. The molecule has 1 amide bonds. The largest absolute Gasteiger partial charge is 0.397 e. The third-order valence-electron chi connectivity index (χ3n) is 5.62. The summed E-state index contributed by atoms with van der Waals surface area (Å²) < 4.78 is 0.